The monoisotopic (exact) mass is 342 g/mol. The van der Waals surface area contributed by atoms with E-state index in [-0.39, 0.29) is 11.9 Å². The number of ether oxygens (including phenoxy) is 1. The van der Waals surface area contributed by atoms with Gasteiger partial charge in [-0.1, -0.05) is 30.3 Å². The summed E-state index contributed by atoms with van der Waals surface area (Å²) in [5.41, 5.74) is 3.43. The number of carbonyl (C=O) groups is 2. The Morgan fingerprint density at radius 1 is 1.20 bits per heavy atom. The average molecular weight is 342 g/mol. The molecule has 0 bridgehead atoms. The molecule has 0 aliphatic rings. The van der Waals surface area contributed by atoms with Crippen LogP contribution in [0.1, 0.15) is 57.9 Å². The van der Waals surface area contributed by atoms with Gasteiger partial charge >= 0.3 is 5.97 Å². The van der Waals surface area contributed by atoms with Crippen molar-refractivity contribution < 1.29 is 14.3 Å². The quantitative estimate of drug-likeness (QED) is 0.756. The summed E-state index contributed by atoms with van der Waals surface area (Å²) in [7, 11) is 0. The van der Waals surface area contributed by atoms with Crippen LogP contribution in [0, 0.1) is 13.8 Å². The number of aryl methyl sites for hydroxylation is 2. The SMILES string of the molecule is CCOC(=O)c1[nH]c(C)c(C(=O)N[C@@H](C)CCc2ccccc2)c1C. The number of esters is 1. The van der Waals surface area contributed by atoms with Crippen LogP contribution < -0.4 is 5.32 Å². The second-order valence-corrected chi connectivity index (χ2v) is 6.24. The third-order valence-electron chi connectivity index (χ3n) is 4.23. The van der Waals surface area contributed by atoms with Crippen molar-refractivity contribution in [2.75, 3.05) is 6.61 Å². The van der Waals surface area contributed by atoms with Crippen LogP contribution >= 0.6 is 0 Å². The first-order chi connectivity index (χ1) is 11.9. The molecule has 0 fully saturated rings. The smallest absolute Gasteiger partial charge is 0.355 e. The minimum atomic E-state index is -0.431. The molecule has 0 spiro atoms. The first kappa shape index (κ1) is 18.8. The zero-order valence-electron chi connectivity index (χ0n) is 15.3. The van der Waals surface area contributed by atoms with Crippen LogP contribution in [0.4, 0.5) is 0 Å². The first-order valence-corrected chi connectivity index (χ1v) is 8.65. The minimum Gasteiger partial charge on any atom is -0.461 e. The van der Waals surface area contributed by atoms with E-state index in [0.717, 1.165) is 12.8 Å². The molecule has 25 heavy (non-hydrogen) atoms. The lowest BCUT2D eigenvalue weighted by Crippen LogP contribution is -2.33. The Morgan fingerprint density at radius 2 is 1.88 bits per heavy atom. The number of amides is 1. The number of aromatic amines is 1. The van der Waals surface area contributed by atoms with Gasteiger partial charge in [0.2, 0.25) is 0 Å². The summed E-state index contributed by atoms with van der Waals surface area (Å²) in [4.78, 5) is 27.5. The van der Waals surface area contributed by atoms with Gasteiger partial charge < -0.3 is 15.0 Å². The van der Waals surface area contributed by atoms with Crippen molar-refractivity contribution in [3.8, 4) is 0 Å². The highest BCUT2D eigenvalue weighted by Gasteiger charge is 2.23. The molecule has 2 aromatic rings. The van der Waals surface area contributed by atoms with Gasteiger partial charge in [0.1, 0.15) is 5.69 Å². The maximum absolute atomic E-state index is 12.6. The van der Waals surface area contributed by atoms with Crippen LogP contribution in [0.25, 0.3) is 0 Å². The normalized spacial score (nSPS) is 11.8. The molecule has 5 nitrogen and oxygen atoms in total. The molecule has 0 unspecified atom stereocenters. The molecule has 5 heteroatoms. The lowest BCUT2D eigenvalue weighted by atomic mass is 10.0. The van der Waals surface area contributed by atoms with Crippen molar-refractivity contribution in [1.29, 1.82) is 0 Å². The standard InChI is InChI=1S/C20H26N2O3/c1-5-25-20(24)18-14(3)17(15(4)22-18)19(23)21-13(2)11-12-16-9-7-6-8-10-16/h6-10,13,22H,5,11-12H2,1-4H3,(H,21,23)/t13-/m0/s1. The predicted octanol–water partition coefficient (Wildman–Crippen LogP) is 3.56. The van der Waals surface area contributed by atoms with Gasteiger partial charge in [0.15, 0.2) is 0 Å². The van der Waals surface area contributed by atoms with E-state index in [9.17, 15) is 9.59 Å². The van der Waals surface area contributed by atoms with E-state index < -0.39 is 5.97 Å². The Hall–Kier alpha value is -2.56. The van der Waals surface area contributed by atoms with Crippen molar-refractivity contribution in [2.24, 2.45) is 0 Å². The summed E-state index contributed by atoms with van der Waals surface area (Å²) in [6.45, 7) is 7.60. The third kappa shape index (κ3) is 4.72. The highest BCUT2D eigenvalue weighted by atomic mass is 16.5. The second kappa shape index (κ2) is 8.51. The predicted molar refractivity (Wildman–Crippen MR) is 97.9 cm³/mol. The van der Waals surface area contributed by atoms with Crippen LogP contribution in [-0.2, 0) is 11.2 Å². The number of rotatable bonds is 7. The third-order valence-corrected chi connectivity index (χ3v) is 4.23. The van der Waals surface area contributed by atoms with Gasteiger partial charge in [-0.05, 0) is 51.7 Å². The van der Waals surface area contributed by atoms with Crippen molar-refractivity contribution in [2.45, 2.75) is 46.6 Å². The van der Waals surface area contributed by atoms with E-state index in [4.69, 9.17) is 4.74 Å². The zero-order valence-corrected chi connectivity index (χ0v) is 15.3. The molecule has 0 saturated heterocycles. The topological polar surface area (TPSA) is 71.2 Å². The second-order valence-electron chi connectivity index (χ2n) is 6.24. The summed E-state index contributed by atoms with van der Waals surface area (Å²) in [5.74, 6) is -0.596. The van der Waals surface area contributed by atoms with Crippen LogP contribution in [0.2, 0.25) is 0 Å². The molecule has 1 heterocycles. The molecule has 1 aromatic carbocycles. The Morgan fingerprint density at radius 3 is 2.52 bits per heavy atom. The van der Waals surface area contributed by atoms with Crippen molar-refractivity contribution in [3.05, 3.63) is 58.4 Å². The molecule has 0 aliphatic carbocycles. The molecule has 0 saturated carbocycles. The molecule has 1 atom stereocenters. The average Bonchev–Trinajstić information content (AvgIpc) is 2.89. The van der Waals surface area contributed by atoms with E-state index in [2.05, 4.69) is 22.4 Å². The van der Waals surface area contributed by atoms with Crippen molar-refractivity contribution in [3.63, 3.8) is 0 Å². The molecule has 2 N–H and O–H groups in total. The number of nitrogens with one attached hydrogen (secondary N) is 2. The van der Waals surface area contributed by atoms with Gasteiger partial charge in [-0.2, -0.15) is 0 Å². The van der Waals surface area contributed by atoms with E-state index >= 15 is 0 Å². The summed E-state index contributed by atoms with van der Waals surface area (Å²) in [5, 5.41) is 3.02. The van der Waals surface area contributed by atoms with Gasteiger partial charge in [-0.3, -0.25) is 4.79 Å². The molecule has 0 aliphatic heterocycles. The van der Waals surface area contributed by atoms with Crippen LogP contribution in [0.5, 0.6) is 0 Å². The molecular weight excluding hydrogens is 316 g/mol. The lowest BCUT2D eigenvalue weighted by molar-refractivity contribution is 0.0519. The van der Waals surface area contributed by atoms with E-state index in [1.54, 1.807) is 20.8 Å². The Labute approximate surface area is 148 Å². The number of hydrogen-bond acceptors (Lipinski definition) is 3. The van der Waals surface area contributed by atoms with E-state index in [1.165, 1.54) is 5.56 Å². The molecule has 134 valence electrons. The lowest BCUT2D eigenvalue weighted by Gasteiger charge is -2.14. The fraction of sp³-hybridized carbons (Fsp3) is 0.400. The summed E-state index contributed by atoms with van der Waals surface area (Å²) in [6.07, 6.45) is 1.75. The van der Waals surface area contributed by atoms with Crippen molar-refractivity contribution in [1.82, 2.24) is 10.3 Å². The maximum Gasteiger partial charge on any atom is 0.355 e. The number of carbonyl (C=O) groups excluding carboxylic acids is 2. The zero-order chi connectivity index (χ0) is 18.4. The Bertz CT molecular complexity index is 735. The largest absolute Gasteiger partial charge is 0.461 e. The molecule has 1 aromatic heterocycles. The van der Waals surface area contributed by atoms with Crippen molar-refractivity contribution >= 4 is 11.9 Å². The van der Waals surface area contributed by atoms with Gasteiger partial charge in [-0.15, -0.1) is 0 Å². The Balaban J connectivity index is 2.01. The van der Waals surface area contributed by atoms with Gasteiger partial charge in [0.05, 0.1) is 12.2 Å². The number of hydrogen-bond donors (Lipinski definition) is 2. The molecule has 0 radical (unpaired) electrons. The van der Waals surface area contributed by atoms with Crippen LogP contribution in [-0.4, -0.2) is 29.5 Å². The summed E-state index contributed by atoms with van der Waals surface area (Å²) < 4.78 is 5.02. The van der Waals surface area contributed by atoms with Gasteiger partial charge in [-0.25, -0.2) is 4.79 Å². The number of benzene rings is 1. The van der Waals surface area contributed by atoms with Gasteiger partial charge in [0, 0.05) is 11.7 Å². The van der Waals surface area contributed by atoms with E-state index in [0.29, 0.717) is 29.1 Å². The van der Waals surface area contributed by atoms with Crippen LogP contribution in [0.3, 0.4) is 0 Å². The Kier molecular flexibility index (Phi) is 6.39. The number of aromatic nitrogens is 1. The van der Waals surface area contributed by atoms with Gasteiger partial charge in [0.25, 0.3) is 5.91 Å². The van der Waals surface area contributed by atoms with Crippen LogP contribution in [0.15, 0.2) is 30.3 Å². The highest BCUT2D eigenvalue weighted by Crippen LogP contribution is 2.19. The summed E-state index contributed by atoms with van der Waals surface area (Å²) >= 11 is 0. The fourth-order valence-electron chi connectivity index (χ4n) is 2.89. The highest BCUT2D eigenvalue weighted by molar-refractivity contribution is 6.01. The maximum atomic E-state index is 12.6. The molecule has 2 rings (SSSR count). The minimum absolute atomic E-state index is 0.0347. The summed E-state index contributed by atoms with van der Waals surface area (Å²) in [6, 6.07) is 10.2. The molecule has 1 amide bonds. The fourth-order valence-corrected chi connectivity index (χ4v) is 2.89. The van der Waals surface area contributed by atoms with E-state index in [1.807, 2.05) is 25.1 Å². The molecular formula is C20H26N2O3. The number of H-pyrrole nitrogens is 1. The first-order valence-electron chi connectivity index (χ1n) is 8.65.